The van der Waals surface area contributed by atoms with Crippen molar-refractivity contribution in [1.29, 1.82) is 0 Å². The van der Waals surface area contributed by atoms with Crippen molar-refractivity contribution in [3.05, 3.63) is 65.7 Å². The number of aryl methyl sites for hydroxylation is 1. The van der Waals surface area contributed by atoms with Crippen LogP contribution in [-0.4, -0.2) is 25.1 Å². The minimum absolute atomic E-state index is 0. The number of amides is 1. The highest BCUT2D eigenvalue weighted by Gasteiger charge is 2.16. The molecule has 0 saturated heterocycles. The molecule has 0 spiro atoms. The normalized spacial score (nSPS) is 12.6. The maximum Gasteiger partial charge on any atom is 0.224 e. The van der Waals surface area contributed by atoms with Gasteiger partial charge in [-0.15, -0.1) is 12.4 Å². The van der Waals surface area contributed by atoms with Crippen molar-refractivity contribution >= 4 is 18.3 Å². The van der Waals surface area contributed by atoms with Crippen molar-refractivity contribution in [1.82, 2.24) is 5.32 Å². The summed E-state index contributed by atoms with van der Waals surface area (Å²) in [5.41, 5.74) is 8.24. The van der Waals surface area contributed by atoms with Crippen molar-refractivity contribution in [3.8, 4) is 5.75 Å². The second-order valence-corrected chi connectivity index (χ2v) is 6.77. The molecular weight excluding hydrogens is 360 g/mol. The Balaban J connectivity index is 0.00000364. The largest absolute Gasteiger partial charge is 0.494 e. The second kappa shape index (κ2) is 12.4. The van der Waals surface area contributed by atoms with Gasteiger partial charge in [0.25, 0.3) is 0 Å². The Morgan fingerprint density at radius 2 is 1.74 bits per heavy atom. The molecule has 2 aromatic rings. The van der Waals surface area contributed by atoms with Crippen molar-refractivity contribution in [2.75, 3.05) is 13.2 Å². The van der Waals surface area contributed by atoms with Gasteiger partial charge in [-0.25, -0.2) is 0 Å². The van der Waals surface area contributed by atoms with E-state index in [9.17, 15) is 4.79 Å². The Labute approximate surface area is 168 Å². The van der Waals surface area contributed by atoms with Crippen LogP contribution in [0.5, 0.6) is 5.75 Å². The van der Waals surface area contributed by atoms with E-state index in [0.717, 1.165) is 30.6 Å². The minimum Gasteiger partial charge on any atom is -0.494 e. The van der Waals surface area contributed by atoms with Crippen molar-refractivity contribution < 1.29 is 9.53 Å². The van der Waals surface area contributed by atoms with Gasteiger partial charge in [0.2, 0.25) is 5.91 Å². The van der Waals surface area contributed by atoms with Crippen LogP contribution in [0.2, 0.25) is 0 Å². The number of ether oxygens (including phenoxy) is 1. The van der Waals surface area contributed by atoms with E-state index in [0.29, 0.717) is 13.2 Å². The summed E-state index contributed by atoms with van der Waals surface area (Å²) in [6.45, 7) is 5.00. The fraction of sp³-hybridized carbons (Fsp3) is 0.409. The van der Waals surface area contributed by atoms with Crippen LogP contribution < -0.4 is 15.8 Å². The zero-order chi connectivity index (χ0) is 18.8. The number of hydrogen-bond acceptors (Lipinski definition) is 3. The van der Waals surface area contributed by atoms with E-state index in [2.05, 4.69) is 35.6 Å². The summed E-state index contributed by atoms with van der Waals surface area (Å²) < 4.78 is 5.86. The Morgan fingerprint density at radius 1 is 1.04 bits per heavy atom. The third-order valence-corrected chi connectivity index (χ3v) is 4.53. The molecule has 0 fully saturated rings. The van der Waals surface area contributed by atoms with Gasteiger partial charge in [-0.05, 0) is 49.4 Å². The third-order valence-electron chi connectivity index (χ3n) is 4.53. The first-order valence-electron chi connectivity index (χ1n) is 9.35. The van der Waals surface area contributed by atoms with Crippen LogP contribution >= 0.6 is 12.4 Å². The highest BCUT2D eigenvalue weighted by Crippen LogP contribution is 2.14. The van der Waals surface area contributed by atoms with Crippen LogP contribution in [0.4, 0.5) is 0 Å². The lowest BCUT2D eigenvalue weighted by Crippen LogP contribution is -2.39. The van der Waals surface area contributed by atoms with E-state index >= 15 is 0 Å². The van der Waals surface area contributed by atoms with Gasteiger partial charge in [0.1, 0.15) is 5.75 Å². The van der Waals surface area contributed by atoms with Crippen LogP contribution in [0.3, 0.4) is 0 Å². The van der Waals surface area contributed by atoms with E-state index < -0.39 is 0 Å². The highest BCUT2D eigenvalue weighted by atomic mass is 35.5. The molecule has 5 heteroatoms. The smallest absolute Gasteiger partial charge is 0.224 e. The fourth-order valence-electron chi connectivity index (χ4n) is 2.63. The van der Waals surface area contributed by atoms with Gasteiger partial charge >= 0.3 is 0 Å². The van der Waals surface area contributed by atoms with E-state index in [1.165, 1.54) is 5.56 Å². The molecular formula is C22H31ClN2O2. The summed E-state index contributed by atoms with van der Waals surface area (Å²) in [4.78, 5) is 11.9. The molecule has 3 N–H and O–H groups in total. The predicted molar refractivity (Wildman–Crippen MR) is 113 cm³/mol. The van der Waals surface area contributed by atoms with Crippen molar-refractivity contribution in [2.24, 2.45) is 11.7 Å². The molecule has 2 atom stereocenters. The minimum atomic E-state index is -0.172. The van der Waals surface area contributed by atoms with Crippen LogP contribution in [0.1, 0.15) is 31.4 Å². The average molecular weight is 391 g/mol. The van der Waals surface area contributed by atoms with Crippen molar-refractivity contribution in [2.45, 2.75) is 39.2 Å². The first-order valence-corrected chi connectivity index (χ1v) is 9.35. The summed E-state index contributed by atoms with van der Waals surface area (Å²) in [7, 11) is 0. The zero-order valence-corrected chi connectivity index (χ0v) is 17.0. The molecule has 0 saturated carbocycles. The third kappa shape index (κ3) is 8.46. The number of nitrogens with one attached hydrogen (secondary N) is 1. The number of nitrogens with two attached hydrogens (primary N) is 1. The first-order chi connectivity index (χ1) is 12.6. The van der Waals surface area contributed by atoms with E-state index in [1.54, 1.807) is 0 Å². The van der Waals surface area contributed by atoms with Crippen LogP contribution in [-0.2, 0) is 17.6 Å². The molecule has 2 unspecified atom stereocenters. The SMILES string of the molecule is CC(N)C(C)C(=O)NCCc1cccc(OCCCc2ccccc2)c1.Cl. The lowest BCUT2D eigenvalue weighted by atomic mass is 10.0. The summed E-state index contributed by atoms with van der Waals surface area (Å²) in [6, 6.07) is 18.4. The second-order valence-electron chi connectivity index (χ2n) is 6.77. The fourth-order valence-corrected chi connectivity index (χ4v) is 2.63. The molecule has 0 aliphatic carbocycles. The molecule has 0 radical (unpaired) electrons. The molecule has 1 amide bonds. The van der Waals surface area contributed by atoms with Crippen molar-refractivity contribution in [3.63, 3.8) is 0 Å². The van der Waals surface area contributed by atoms with Gasteiger partial charge in [0.05, 0.1) is 6.61 Å². The number of hydrogen-bond donors (Lipinski definition) is 2. The van der Waals surface area contributed by atoms with E-state index in [4.69, 9.17) is 10.5 Å². The Kier molecular flexibility index (Phi) is 10.5. The summed E-state index contributed by atoms with van der Waals surface area (Å²) in [5.74, 6) is 0.716. The maximum atomic E-state index is 11.9. The standard InChI is InChI=1S/C22H30N2O2.ClH/c1-17(18(2)23)22(25)24-14-13-20-10-6-12-21(16-20)26-15-7-11-19-8-4-3-5-9-19;/h3-6,8-10,12,16-18H,7,11,13-15,23H2,1-2H3,(H,24,25);1H. The Morgan fingerprint density at radius 3 is 2.44 bits per heavy atom. The van der Waals surface area contributed by atoms with Gasteiger partial charge < -0.3 is 15.8 Å². The quantitative estimate of drug-likeness (QED) is 0.607. The summed E-state index contributed by atoms with van der Waals surface area (Å²) in [5, 5.41) is 2.94. The highest BCUT2D eigenvalue weighted by molar-refractivity contribution is 5.85. The Hall–Kier alpha value is -2.04. The van der Waals surface area contributed by atoms with Gasteiger partial charge in [-0.1, -0.05) is 49.4 Å². The van der Waals surface area contributed by atoms with Crippen LogP contribution in [0.25, 0.3) is 0 Å². The number of halogens is 1. The predicted octanol–water partition coefficient (Wildman–Crippen LogP) is 3.76. The molecule has 0 aliphatic rings. The number of carbonyl (C=O) groups is 1. The van der Waals surface area contributed by atoms with Gasteiger partial charge in [0.15, 0.2) is 0 Å². The maximum absolute atomic E-state index is 11.9. The molecule has 0 aliphatic heterocycles. The van der Waals surface area contributed by atoms with Gasteiger partial charge in [0, 0.05) is 18.5 Å². The molecule has 2 rings (SSSR count). The number of rotatable bonds is 10. The Bertz CT molecular complexity index is 677. The summed E-state index contributed by atoms with van der Waals surface area (Å²) >= 11 is 0. The summed E-state index contributed by atoms with van der Waals surface area (Å²) in [6.07, 6.45) is 2.78. The first kappa shape index (κ1) is 23.0. The van der Waals surface area contributed by atoms with Gasteiger partial charge in [-0.2, -0.15) is 0 Å². The van der Waals surface area contributed by atoms with Crippen LogP contribution in [0, 0.1) is 5.92 Å². The molecule has 27 heavy (non-hydrogen) atoms. The molecule has 148 valence electrons. The lowest BCUT2D eigenvalue weighted by Gasteiger charge is -2.15. The monoisotopic (exact) mass is 390 g/mol. The van der Waals surface area contributed by atoms with Crippen LogP contribution in [0.15, 0.2) is 54.6 Å². The topological polar surface area (TPSA) is 64.4 Å². The lowest BCUT2D eigenvalue weighted by molar-refractivity contribution is -0.124. The van der Waals surface area contributed by atoms with Gasteiger partial charge in [-0.3, -0.25) is 4.79 Å². The van der Waals surface area contributed by atoms with E-state index in [1.807, 2.05) is 38.1 Å². The molecule has 2 aromatic carbocycles. The zero-order valence-electron chi connectivity index (χ0n) is 16.2. The molecule has 0 bridgehead atoms. The average Bonchev–Trinajstić information content (AvgIpc) is 2.65. The number of benzene rings is 2. The molecule has 4 nitrogen and oxygen atoms in total. The molecule has 0 aromatic heterocycles. The number of carbonyl (C=O) groups excluding carboxylic acids is 1. The molecule has 0 heterocycles. The van der Waals surface area contributed by atoms with E-state index in [-0.39, 0.29) is 30.3 Å².